The molecule has 0 aliphatic carbocycles. The quantitative estimate of drug-likeness (QED) is 0.699. The van der Waals surface area contributed by atoms with Crippen LogP contribution in [-0.4, -0.2) is 4.57 Å². The molecule has 0 aliphatic heterocycles. The normalized spacial score (nSPS) is 11.0. The van der Waals surface area contributed by atoms with Crippen LogP contribution in [0.4, 0.5) is 8.78 Å². The minimum absolute atomic E-state index is 0.00677. The zero-order valence-corrected chi connectivity index (χ0v) is 13.9. The molecule has 0 bridgehead atoms. The summed E-state index contributed by atoms with van der Waals surface area (Å²) in [5.74, 6) is -1.76. The predicted molar refractivity (Wildman–Crippen MR) is 93.7 cm³/mol. The van der Waals surface area contributed by atoms with E-state index >= 15 is 0 Å². The van der Waals surface area contributed by atoms with Crippen LogP contribution in [0.2, 0.25) is 0 Å². The van der Waals surface area contributed by atoms with Crippen LogP contribution in [-0.2, 0) is 0 Å². The van der Waals surface area contributed by atoms with Crippen molar-refractivity contribution in [3.8, 4) is 17.8 Å². The topological polar surface area (TPSA) is 69.6 Å². The third-order valence-electron chi connectivity index (χ3n) is 3.51. The van der Waals surface area contributed by atoms with E-state index in [4.69, 9.17) is 0 Å². The maximum atomic E-state index is 14.2. The number of nitrogens with zero attached hydrogens (tertiary/aromatic N) is 3. The van der Waals surface area contributed by atoms with Gasteiger partial charge in [-0.05, 0) is 23.8 Å². The van der Waals surface area contributed by atoms with Gasteiger partial charge in [0.05, 0.1) is 10.2 Å². The van der Waals surface area contributed by atoms with Crippen LogP contribution in [0.1, 0.15) is 5.56 Å². The van der Waals surface area contributed by atoms with Gasteiger partial charge in [0.1, 0.15) is 28.4 Å². The van der Waals surface area contributed by atoms with Crippen LogP contribution in [0, 0.1) is 34.3 Å². The Morgan fingerprint density at radius 3 is 2.38 bits per heavy atom. The van der Waals surface area contributed by atoms with E-state index in [0.717, 1.165) is 33.6 Å². The monoisotopic (exact) mass is 365 g/mol. The lowest BCUT2D eigenvalue weighted by Crippen LogP contribution is -2.31. The molecular weight excluding hydrogens is 356 g/mol. The molecule has 4 nitrogen and oxygen atoms in total. The highest BCUT2D eigenvalue weighted by atomic mass is 32.1. The van der Waals surface area contributed by atoms with Crippen molar-refractivity contribution >= 4 is 23.0 Å². The maximum absolute atomic E-state index is 14.2. The Bertz CT molecular complexity index is 1230. The number of benzene rings is 2. The maximum Gasteiger partial charge on any atom is 0.273 e. The summed E-state index contributed by atoms with van der Waals surface area (Å²) in [6, 6.07) is 15.1. The van der Waals surface area contributed by atoms with Crippen LogP contribution in [0.5, 0.6) is 0 Å². The molecule has 0 atom stereocenters. The van der Waals surface area contributed by atoms with Gasteiger partial charge in [0.15, 0.2) is 5.57 Å². The number of rotatable bonds is 2. The van der Waals surface area contributed by atoms with Gasteiger partial charge in [-0.3, -0.25) is 9.36 Å². The molecule has 1 heterocycles. The van der Waals surface area contributed by atoms with E-state index in [1.165, 1.54) is 0 Å². The molecule has 0 saturated heterocycles. The summed E-state index contributed by atoms with van der Waals surface area (Å²) in [7, 11) is 0. The van der Waals surface area contributed by atoms with Gasteiger partial charge in [-0.1, -0.05) is 30.3 Å². The van der Waals surface area contributed by atoms with E-state index < -0.39 is 17.2 Å². The Kier molecular flexibility index (Phi) is 4.74. The summed E-state index contributed by atoms with van der Waals surface area (Å²) < 4.78 is 28.6. The molecule has 3 rings (SSSR count). The van der Waals surface area contributed by atoms with Gasteiger partial charge in [0, 0.05) is 6.07 Å². The number of nitriles is 2. The summed E-state index contributed by atoms with van der Waals surface area (Å²) in [6.45, 7) is 0. The number of thiazole rings is 1. The zero-order valence-electron chi connectivity index (χ0n) is 13.1. The van der Waals surface area contributed by atoms with Crippen LogP contribution in [0.15, 0.2) is 53.3 Å². The van der Waals surface area contributed by atoms with E-state index in [1.807, 2.05) is 6.07 Å². The number of hydrogen-bond donors (Lipinski definition) is 0. The Hall–Kier alpha value is -3.55. The lowest BCUT2D eigenvalue weighted by molar-refractivity contribution is 0.576. The summed E-state index contributed by atoms with van der Waals surface area (Å²) in [5, 5.41) is 18.3. The van der Waals surface area contributed by atoms with Crippen molar-refractivity contribution in [1.82, 2.24) is 4.57 Å². The molecule has 0 spiro atoms. The third-order valence-corrected chi connectivity index (χ3v) is 4.60. The minimum atomic E-state index is -0.965. The molecule has 0 radical (unpaired) electrons. The van der Waals surface area contributed by atoms with Gasteiger partial charge in [-0.2, -0.15) is 10.5 Å². The lowest BCUT2D eigenvalue weighted by atomic mass is 10.2. The van der Waals surface area contributed by atoms with Crippen molar-refractivity contribution in [3.05, 3.63) is 85.3 Å². The molecule has 26 heavy (non-hydrogen) atoms. The lowest BCUT2D eigenvalue weighted by Gasteiger charge is -2.03. The van der Waals surface area contributed by atoms with Crippen molar-refractivity contribution in [1.29, 1.82) is 10.5 Å². The van der Waals surface area contributed by atoms with E-state index in [0.29, 0.717) is 6.07 Å². The molecule has 126 valence electrons. The van der Waals surface area contributed by atoms with E-state index in [1.54, 1.807) is 42.5 Å². The molecule has 0 saturated carbocycles. The highest BCUT2D eigenvalue weighted by Crippen LogP contribution is 2.12. The van der Waals surface area contributed by atoms with Crippen molar-refractivity contribution in [2.45, 2.75) is 0 Å². The summed E-state index contributed by atoms with van der Waals surface area (Å²) >= 11 is 0.898. The molecule has 3 aromatic rings. The SMILES string of the molecule is N#CC(C#N)=c1s/c(=C/c2ccccc2)c(=O)n1-c1ccc(F)cc1F. The van der Waals surface area contributed by atoms with Crippen molar-refractivity contribution in [2.24, 2.45) is 0 Å². The van der Waals surface area contributed by atoms with Gasteiger partial charge in [-0.15, -0.1) is 11.3 Å². The van der Waals surface area contributed by atoms with E-state index in [2.05, 4.69) is 0 Å². The second-order valence-corrected chi connectivity index (χ2v) is 6.19. The number of halogens is 2. The minimum Gasteiger partial charge on any atom is -0.267 e. The largest absolute Gasteiger partial charge is 0.273 e. The van der Waals surface area contributed by atoms with Gasteiger partial charge in [0.25, 0.3) is 5.56 Å². The van der Waals surface area contributed by atoms with Crippen LogP contribution in [0.25, 0.3) is 17.3 Å². The average molecular weight is 365 g/mol. The number of aromatic nitrogens is 1. The first-order valence-electron chi connectivity index (χ1n) is 7.33. The Morgan fingerprint density at radius 2 is 1.77 bits per heavy atom. The number of hydrogen-bond acceptors (Lipinski definition) is 4. The molecule has 0 aliphatic rings. The first-order valence-corrected chi connectivity index (χ1v) is 8.15. The van der Waals surface area contributed by atoms with Crippen LogP contribution < -0.4 is 14.8 Å². The van der Waals surface area contributed by atoms with Crippen LogP contribution in [0.3, 0.4) is 0 Å². The predicted octanol–water partition coefficient (Wildman–Crippen LogP) is 2.20. The zero-order chi connectivity index (χ0) is 18.7. The Balaban J connectivity index is 2.44. The van der Waals surface area contributed by atoms with Crippen LogP contribution >= 0.6 is 11.3 Å². The molecule has 1 aromatic heterocycles. The molecule has 7 heteroatoms. The summed E-state index contributed by atoms with van der Waals surface area (Å²) in [5.41, 5.74) is -0.413. The van der Waals surface area contributed by atoms with Gasteiger partial charge < -0.3 is 0 Å². The summed E-state index contributed by atoms with van der Waals surface area (Å²) in [4.78, 5) is 12.8. The van der Waals surface area contributed by atoms with Crippen molar-refractivity contribution in [3.63, 3.8) is 0 Å². The van der Waals surface area contributed by atoms with E-state index in [-0.39, 0.29) is 20.5 Å². The van der Waals surface area contributed by atoms with Gasteiger partial charge >= 0.3 is 0 Å². The molecule has 0 fully saturated rings. The smallest absolute Gasteiger partial charge is 0.267 e. The molecular formula is C19H9F2N3OS. The third kappa shape index (κ3) is 3.16. The van der Waals surface area contributed by atoms with Crippen molar-refractivity contribution < 1.29 is 8.78 Å². The molecule has 0 amide bonds. The Morgan fingerprint density at radius 1 is 1.08 bits per heavy atom. The van der Waals surface area contributed by atoms with Gasteiger partial charge in [-0.25, -0.2) is 8.78 Å². The average Bonchev–Trinajstić information content (AvgIpc) is 2.94. The highest BCUT2D eigenvalue weighted by molar-refractivity contribution is 7.07. The molecule has 2 aromatic carbocycles. The Labute approximate surface area is 150 Å². The van der Waals surface area contributed by atoms with Gasteiger partial charge in [0.2, 0.25) is 0 Å². The first-order chi connectivity index (χ1) is 12.5. The molecule has 0 unspecified atom stereocenters. The first kappa shape index (κ1) is 17.3. The standard InChI is InChI=1S/C19H9F2N3OS/c20-14-6-7-16(15(21)9-14)24-18(25)17(8-12-4-2-1-3-5-12)26-19(24)13(10-22)11-23/h1-9H/b17-8+. The van der Waals surface area contributed by atoms with Crippen molar-refractivity contribution in [2.75, 3.05) is 0 Å². The molecule has 0 N–H and O–H groups in total. The van der Waals surface area contributed by atoms with E-state index in [9.17, 15) is 24.1 Å². The second-order valence-electron chi connectivity index (χ2n) is 5.16. The second kappa shape index (κ2) is 7.14. The summed E-state index contributed by atoms with van der Waals surface area (Å²) in [6.07, 6.45) is 1.58. The highest BCUT2D eigenvalue weighted by Gasteiger charge is 2.15. The fourth-order valence-electron chi connectivity index (χ4n) is 2.35. The fourth-order valence-corrected chi connectivity index (χ4v) is 3.40. The fraction of sp³-hybridized carbons (Fsp3) is 0.